The lowest BCUT2D eigenvalue weighted by Gasteiger charge is -2.20. The Morgan fingerprint density at radius 3 is 2.25 bits per heavy atom. The van der Waals surface area contributed by atoms with Crippen LogP contribution < -0.4 is 0 Å². The van der Waals surface area contributed by atoms with Gasteiger partial charge in [-0.1, -0.05) is 0 Å². The Kier molecular flexibility index (Phi) is 11.3. The van der Waals surface area contributed by atoms with Gasteiger partial charge in [0, 0.05) is 19.3 Å². The molecule has 0 aromatic carbocycles. The van der Waals surface area contributed by atoms with Crippen LogP contribution in [0.25, 0.3) is 0 Å². The molecule has 3 nitrogen and oxygen atoms in total. The molecule has 0 aromatic rings. The van der Waals surface area contributed by atoms with Gasteiger partial charge in [-0.05, 0) is 53.6 Å². The molecule has 0 aliphatic carbocycles. The van der Waals surface area contributed by atoms with E-state index in [9.17, 15) is 0 Å². The van der Waals surface area contributed by atoms with Crippen LogP contribution in [0.5, 0.6) is 0 Å². The molecule has 0 unspecified atom stereocenters. The van der Waals surface area contributed by atoms with Crippen LogP contribution in [0, 0.1) is 0 Å². The van der Waals surface area contributed by atoms with E-state index in [0.29, 0.717) is 6.04 Å². The van der Waals surface area contributed by atoms with Crippen molar-refractivity contribution >= 4 is 0 Å². The summed E-state index contributed by atoms with van der Waals surface area (Å²) in [7, 11) is 2.18. The predicted molar refractivity (Wildman–Crippen MR) is 68.9 cm³/mol. The van der Waals surface area contributed by atoms with E-state index in [4.69, 9.17) is 9.47 Å². The zero-order valence-corrected chi connectivity index (χ0v) is 11.5. The Morgan fingerprint density at radius 1 is 0.938 bits per heavy atom. The Morgan fingerprint density at radius 2 is 1.62 bits per heavy atom. The lowest BCUT2D eigenvalue weighted by Crippen LogP contribution is -2.27. The zero-order chi connectivity index (χ0) is 12.2. The second kappa shape index (κ2) is 11.4. The highest BCUT2D eigenvalue weighted by atomic mass is 16.5. The molecule has 0 aliphatic heterocycles. The number of ether oxygens (including phenoxy) is 2. The number of rotatable bonds is 11. The fourth-order valence-electron chi connectivity index (χ4n) is 1.36. The first-order valence-electron chi connectivity index (χ1n) is 6.54. The molecule has 0 bridgehead atoms. The van der Waals surface area contributed by atoms with Crippen LogP contribution in [0.4, 0.5) is 0 Å². The van der Waals surface area contributed by atoms with Gasteiger partial charge < -0.3 is 14.4 Å². The van der Waals surface area contributed by atoms with E-state index in [2.05, 4.69) is 25.8 Å². The van der Waals surface area contributed by atoms with Crippen molar-refractivity contribution in [3.05, 3.63) is 0 Å². The normalized spacial score (nSPS) is 11.6. The van der Waals surface area contributed by atoms with Crippen molar-refractivity contribution in [3.8, 4) is 0 Å². The molecule has 0 atom stereocenters. The van der Waals surface area contributed by atoms with Crippen molar-refractivity contribution in [1.29, 1.82) is 0 Å². The average molecular weight is 231 g/mol. The standard InChI is InChI=1S/C13H29NO2/c1-5-15-11-12-16-10-8-6-7-9-14(4)13(2)3/h13H,5-12H2,1-4H3. The van der Waals surface area contributed by atoms with E-state index < -0.39 is 0 Å². The van der Waals surface area contributed by atoms with Crippen molar-refractivity contribution in [2.45, 2.75) is 46.1 Å². The number of nitrogens with zero attached hydrogens (tertiary/aromatic N) is 1. The largest absolute Gasteiger partial charge is 0.379 e. The van der Waals surface area contributed by atoms with Crippen LogP contribution in [0.2, 0.25) is 0 Å². The fourth-order valence-corrected chi connectivity index (χ4v) is 1.36. The average Bonchev–Trinajstić information content (AvgIpc) is 2.26. The Bertz CT molecular complexity index is 140. The van der Waals surface area contributed by atoms with Crippen LogP contribution >= 0.6 is 0 Å². The minimum atomic E-state index is 0.655. The lowest BCUT2D eigenvalue weighted by molar-refractivity contribution is 0.0511. The van der Waals surface area contributed by atoms with Gasteiger partial charge in [0.15, 0.2) is 0 Å². The summed E-state index contributed by atoms with van der Waals surface area (Å²) in [5, 5.41) is 0. The predicted octanol–water partition coefficient (Wildman–Crippen LogP) is 2.55. The van der Waals surface area contributed by atoms with Crippen molar-refractivity contribution in [1.82, 2.24) is 4.90 Å². The highest BCUT2D eigenvalue weighted by Gasteiger charge is 2.01. The van der Waals surface area contributed by atoms with Gasteiger partial charge in [0.2, 0.25) is 0 Å². The molecule has 16 heavy (non-hydrogen) atoms. The quantitative estimate of drug-likeness (QED) is 0.510. The van der Waals surface area contributed by atoms with E-state index in [-0.39, 0.29) is 0 Å². The maximum Gasteiger partial charge on any atom is 0.0700 e. The first-order valence-corrected chi connectivity index (χ1v) is 6.54. The number of hydrogen-bond acceptors (Lipinski definition) is 3. The maximum absolute atomic E-state index is 5.45. The molecule has 0 fully saturated rings. The topological polar surface area (TPSA) is 21.7 Å². The van der Waals surface area contributed by atoms with Crippen molar-refractivity contribution in [2.24, 2.45) is 0 Å². The monoisotopic (exact) mass is 231 g/mol. The van der Waals surface area contributed by atoms with E-state index in [1.54, 1.807) is 0 Å². The minimum absolute atomic E-state index is 0.655. The molecule has 0 heterocycles. The maximum atomic E-state index is 5.45. The van der Waals surface area contributed by atoms with Gasteiger partial charge in [-0.2, -0.15) is 0 Å². The zero-order valence-electron chi connectivity index (χ0n) is 11.5. The molecular weight excluding hydrogens is 202 g/mol. The van der Waals surface area contributed by atoms with Crippen LogP contribution in [0.1, 0.15) is 40.0 Å². The summed E-state index contributed by atoms with van der Waals surface area (Å²) in [4.78, 5) is 2.38. The molecule has 98 valence electrons. The summed E-state index contributed by atoms with van der Waals surface area (Å²) in [6.45, 7) is 10.8. The molecule has 0 aromatic heterocycles. The second-order valence-corrected chi connectivity index (χ2v) is 4.44. The summed E-state index contributed by atoms with van der Waals surface area (Å²) in [6.07, 6.45) is 3.69. The highest BCUT2D eigenvalue weighted by Crippen LogP contribution is 2.00. The summed E-state index contributed by atoms with van der Waals surface area (Å²) in [5.41, 5.74) is 0. The molecule has 0 N–H and O–H groups in total. The first-order chi connectivity index (χ1) is 7.68. The van der Waals surface area contributed by atoms with E-state index >= 15 is 0 Å². The summed E-state index contributed by atoms with van der Waals surface area (Å²) < 4.78 is 10.6. The minimum Gasteiger partial charge on any atom is -0.379 e. The van der Waals surface area contributed by atoms with Gasteiger partial charge in [0.1, 0.15) is 0 Å². The molecule has 0 saturated carbocycles. The third-order valence-electron chi connectivity index (χ3n) is 2.76. The van der Waals surface area contributed by atoms with E-state index in [1.807, 2.05) is 6.92 Å². The summed E-state index contributed by atoms with van der Waals surface area (Å²) >= 11 is 0. The third kappa shape index (κ3) is 10.4. The van der Waals surface area contributed by atoms with Crippen LogP contribution in [-0.2, 0) is 9.47 Å². The van der Waals surface area contributed by atoms with Gasteiger partial charge in [0.05, 0.1) is 13.2 Å². The highest BCUT2D eigenvalue weighted by molar-refractivity contribution is 4.56. The molecule has 3 heteroatoms. The molecule has 0 spiro atoms. The van der Waals surface area contributed by atoms with E-state index in [1.165, 1.54) is 19.4 Å². The van der Waals surface area contributed by atoms with E-state index in [0.717, 1.165) is 32.8 Å². The summed E-state index contributed by atoms with van der Waals surface area (Å²) in [6, 6.07) is 0.655. The fraction of sp³-hybridized carbons (Fsp3) is 1.00. The van der Waals surface area contributed by atoms with Gasteiger partial charge in [-0.3, -0.25) is 0 Å². The Labute approximate surface area is 101 Å². The van der Waals surface area contributed by atoms with Crippen LogP contribution in [-0.4, -0.2) is 51.0 Å². The number of hydrogen-bond donors (Lipinski definition) is 0. The molecular formula is C13H29NO2. The number of unbranched alkanes of at least 4 members (excludes halogenated alkanes) is 2. The Balaban J connectivity index is 3.04. The van der Waals surface area contributed by atoms with Gasteiger partial charge >= 0.3 is 0 Å². The molecule has 0 radical (unpaired) electrons. The smallest absolute Gasteiger partial charge is 0.0700 e. The molecule has 0 aliphatic rings. The lowest BCUT2D eigenvalue weighted by atomic mass is 10.2. The van der Waals surface area contributed by atoms with Crippen molar-refractivity contribution in [2.75, 3.05) is 40.0 Å². The summed E-state index contributed by atoms with van der Waals surface area (Å²) in [5.74, 6) is 0. The Hall–Kier alpha value is -0.120. The second-order valence-electron chi connectivity index (χ2n) is 4.44. The van der Waals surface area contributed by atoms with Crippen molar-refractivity contribution < 1.29 is 9.47 Å². The molecule has 0 amide bonds. The van der Waals surface area contributed by atoms with Crippen LogP contribution in [0.15, 0.2) is 0 Å². The van der Waals surface area contributed by atoms with Gasteiger partial charge in [-0.25, -0.2) is 0 Å². The van der Waals surface area contributed by atoms with Crippen LogP contribution in [0.3, 0.4) is 0 Å². The third-order valence-corrected chi connectivity index (χ3v) is 2.76. The molecule has 0 rings (SSSR count). The SMILES string of the molecule is CCOCCOCCCCCN(C)C(C)C. The van der Waals surface area contributed by atoms with Crippen molar-refractivity contribution in [3.63, 3.8) is 0 Å². The van der Waals surface area contributed by atoms with Gasteiger partial charge in [0.25, 0.3) is 0 Å². The first kappa shape index (κ1) is 15.9. The molecule has 0 saturated heterocycles. The van der Waals surface area contributed by atoms with Gasteiger partial charge in [-0.15, -0.1) is 0 Å².